The Morgan fingerprint density at radius 3 is 2.66 bits per heavy atom. The van der Waals surface area contributed by atoms with Gasteiger partial charge in [-0.25, -0.2) is 4.98 Å². The van der Waals surface area contributed by atoms with Crippen molar-refractivity contribution >= 4 is 17.6 Å². The summed E-state index contributed by atoms with van der Waals surface area (Å²) in [7, 11) is 0. The van der Waals surface area contributed by atoms with E-state index in [1.807, 2.05) is 49.6 Å². The lowest BCUT2D eigenvalue weighted by atomic mass is 10.1. The second-order valence-electron chi connectivity index (χ2n) is 7.54. The number of aryl methyl sites for hydroxylation is 2. The zero-order valence-electron chi connectivity index (χ0n) is 17.6. The fourth-order valence-electron chi connectivity index (χ4n) is 3.06. The molecule has 0 aliphatic rings. The van der Waals surface area contributed by atoms with Gasteiger partial charge in [-0.05, 0) is 57.9 Å². The number of carbonyl (C=O) groups is 1. The van der Waals surface area contributed by atoms with Crippen LogP contribution in [0, 0.1) is 13.8 Å². The third kappa shape index (κ3) is 5.55. The van der Waals surface area contributed by atoms with E-state index in [9.17, 15) is 4.79 Å². The van der Waals surface area contributed by atoms with E-state index >= 15 is 0 Å². The smallest absolute Gasteiger partial charge is 0.244 e. The Balaban J connectivity index is 1.80. The summed E-state index contributed by atoms with van der Waals surface area (Å²) >= 11 is 0. The molecule has 2 heterocycles. The van der Waals surface area contributed by atoms with Crippen molar-refractivity contribution < 1.29 is 9.53 Å². The SMILES string of the molecule is Cc1ccc(-c2nc3cc(C)ccn3c2/C=C/C(=O)NCCCOC(C)C)cc1. The van der Waals surface area contributed by atoms with Crippen molar-refractivity contribution in [3.05, 3.63) is 65.5 Å². The molecule has 152 valence electrons. The van der Waals surface area contributed by atoms with Crippen LogP contribution in [0.25, 0.3) is 23.0 Å². The second-order valence-corrected chi connectivity index (χ2v) is 7.54. The van der Waals surface area contributed by atoms with E-state index < -0.39 is 0 Å². The number of nitrogens with one attached hydrogen (secondary N) is 1. The van der Waals surface area contributed by atoms with Crippen molar-refractivity contribution in [1.29, 1.82) is 0 Å². The van der Waals surface area contributed by atoms with Gasteiger partial charge in [-0.15, -0.1) is 0 Å². The molecular formula is C24H29N3O2. The number of nitrogens with zero attached hydrogens (tertiary/aromatic N) is 2. The third-order valence-corrected chi connectivity index (χ3v) is 4.61. The highest BCUT2D eigenvalue weighted by Crippen LogP contribution is 2.26. The molecule has 0 spiro atoms. The maximum atomic E-state index is 12.2. The van der Waals surface area contributed by atoms with Crippen molar-refractivity contribution in [2.24, 2.45) is 0 Å². The zero-order valence-corrected chi connectivity index (χ0v) is 17.6. The molecule has 1 N–H and O–H groups in total. The lowest BCUT2D eigenvalue weighted by Crippen LogP contribution is -2.23. The number of hydrogen-bond donors (Lipinski definition) is 1. The molecular weight excluding hydrogens is 362 g/mol. The summed E-state index contributed by atoms with van der Waals surface area (Å²) in [5.74, 6) is -0.119. The van der Waals surface area contributed by atoms with E-state index in [4.69, 9.17) is 9.72 Å². The second kappa shape index (κ2) is 9.52. The predicted molar refractivity (Wildman–Crippen MR) is 118 cm³/mol. The molecule has 0 radical (unpaired) electrons. The van der Waals surface area contributed by atoms with Crippen LogP contribution in [0.4, 0.5) is 0 Å². The van der Waals surface area contributed by atoms with E-state index in [0.717, 1.165) is 34.6 Å². The van der Waals surface area contributed by atoms with Gasteiger partial charge in [-0.1, -0.05) is 29.8 Å². The predicted octanol–water partition coefficient (Wildman–Crippen LogP) is 4.56. The van der Waals surface area contributed by atoms with Gasteiger partial charge in [0.25, 0.3) is 0 Å². The minimum atomic E-state index is -0.119. The molecule has 1 amide bonds. The summed E-state index contributed by atoms with van der Waals surface area (Å²) in [5.41, 5.74) is 6.00. The van der Waals surface area contributed by atoms with E-state index in [2.05, 4.69) is 36.5 Å². The van der Waals surface area contributed by atoms with Crippen LogP contribution in [0.3, 0.4) is 0 Å². The van der Waals surface area contributed by atoms with Crippen LogP contribution < -0.4 is 5.32 Å². The summed E-state index contributed by atoms with van der Waals surface area (Å²) in [6.07, 6.45) is 6.41. The molecule has 0 fully saturated rings. The fourth-order valence-corrected chi connectivity index (χ4v) is 3.06. The van der Waals surface area contributed by atoms with E-state index in [-0.39, 0.29) is 12.0 Å². The Hall–Kier alpha value is -2.92. The van der Waals surface area contributed by atoms with Crippen LogP contribution in [0.1, 0.15) is 37.1 Å². The summed E-state index contributed by atoms with van der Waals surface area (Å²) in [6, 6.07) is 12.4. The molecule has 0 aliphatic carbocycles. The van der Waals surface area contributed by atoms with Gasteiger partial charge >= 0.3 is 0 Å². The first-order valence-electron chi connectivity index (χ1n) is 10.1. The first-order valence-corrected chi connectivity index (χ1v) is 10.1. The quantitative estimate of drug-likeness (QED) is 0.452. The Morgan fingerprint density at radius 2 is 1.93 bits per heavy atom. The van der Waals surface area contributed by atoms with Crippen LogP contribution >= 0.6 is 0 Å². The molecule has 2 aromatic heterocycles. The fraction of sp³-hybridized carbons (Fsp3) is 0.333. The molecule has 0 atom stereocenters. The molecule has 1 aromatic carbocycles. The summed E-state index contributed by atoms with van der Waals surface area (Å²) in [6.45, 7) is 9.36. The van der Waals surface area contributed by atoms with Crippen molar-refractivity contribution in [3.8, 4) is 11.3 Å². The molecule has 0 bridgehead atoms. The van der Waals surface area contributed by atoms with Crippen molar-refractivity contribution in [3.63, 3.8) is 0 Å². The lowest BCUT2D eigenvalue weighted by Gasteiger charge is -2.07. The minimum Gasteiger partial charge on any atom is -0.379 e. The first-order chi connectivity index (χ1) is 13.9. The van der Waals surface area contributed by atoms with Crippen molar-refractivity contribution in [1.82, 2.24) is 14.7 Å². The minimum absolute atomic E-state index is 0.119. The largest absolute Gasteiger partial charge is 0.379 e. The highest BCUT2D eigenvalue weighted by Gasteiger charge is 2.12. The summed E-state index contributed by atoms with van der Waals surface area (Å²) < 4.78 is 7.51. The van der Waals surface area contributed by atoms with Crippen LogP contribution in [-0.4, -0.2) is 34.5 Å². The normalized spacial score (nSPS) is 11.6. The Bertz CT molecular complexity index is 1000. The van der Waals surface area contributed by atoms with Crippen LogP contribution in [-0.2, 0) is 9.53 Å². The van der Waals surface area contributed by atoms with Crippen LogP contribution in [0.15, 0.2) is 48.7 Å². The number of amides is 1. The maximum Gasteiger partial charge on any atom is 0.244 e. The van der Waals surface area contributed by atoms with Gasteiger partial charge in [0, 0.05) is 31.0 Å². The van der Waals surface area contributed by atoms with Crippen LogP contribution in [0.2, 0.25) is 0 Å². The van der Waals surface area contributed by atoms with E-state index in [0.29, 0.717) is 13.2 Å². The Morgan fingerprint density at radius 1 is 1.17 bits per heavy atom. The monoisotopic (exact) mass is 391 g/mol. The number of benzene rings is 1. The molecule has 3 aromatic rings. The third-order valence-electron chi connectivity index (χ3n) is 4.61. The van der Waals surface area contributed by atoms with Gasteiger partial charge < -0.3 is 10.1 Å². The zero-order chi connectivity index (χ0) is 20.8. The molecule has 5 nitrogen and oxygen atoms in total. The highest BCUT2D eigenvalue weighted by molar-refractivity contribution is 5.92. The molecule has 5 heteroatoms. The molecule has 3 rings (SSSR count). The van der Waals surface area contributed by atoms with E-state index in [1.165, 1.54) is 5.56 Å². The molecule has 0 saturated heterocycles. The number of imidazole rings is 1. The van der Waals surface area contributed by atoms with E-state index in [1.54, 1.807) is 6.08 Å². The number of fused-ring (bicyclic) bond motifs is 1. The van der Waals surface area contributed by atoms with Gasteiger partial charge in [0.15, 0.2) is 0 Å². The van der Waals surface area contributed by atoms with Gasteiger partial charge in [0.2, 0.25) is 5.91 Å². The van der Waals surface area contributed by atoms with Gasteiger partial charge in [0.1, 0.15) is 5.65 Å². The number of ether oxygens (including phenoxy) is 1. The molecule has 0 unspecified atom stereocenters. The van der Waals surface area contributed by atoms with Crippen LogP contribution in [0.5, 0.6) is 0 Å². The van der Waals surface area contributed by atoms with Crippen molar-refractivity contribution in [2.45, 2.75) is 40.2 Å². The van der Waals surface area contributed by atoms with Gasteiger partial charge in [-0.3, -0.25) is 9.20 Å². The highest BCUT2D eigenvalue weighted by atomic mass is 16.5. The topological polar surface area (TPSA) is 55.6 Å². The Kier molecular flexibility index (Phi) is 6.83. The summed E-state index contributed by atoms with van der Waals surface area (Å²) in [5, 5.41) is 2.91. The Labute approximate surface area is 172 Å². The number of rotatable bonds is 8. The number of pyridine rings is 1. The molecule has 0 saturated carbocycles. The number of aromatic nitrogens is 2. The maximum absolute atomic E-state index is 12.2. The standard InChI is InChI=1S/C24H29N3O2/c1-17(2)29-15-5-13-25-23(28)11-10-21-24(20-8-6-18(3)7-9-20)26-22-16-19(4)12-14-27(21)22/h6-12,14,16-17H,5,13,15H2,1-4H3,(H,25,28)/b11-10+. The number of hydrogen-bond acceptors (Lipinski definition) is 3. The number of carbonyl (C=O) groups excluding carboxylic acids is 1. The van der Waals surface area contributed by atoms with Gasteiger partial charge in [0.05, 0.1) is 17.5 Å². The summed E-state index contributed by atoms with van der Waals surface area (Å²) in [4.78, 5) is 17.1. The van der Waals surface area contributed by atoms with Gasteiger partial charge in [-0.2, -0.15) is 0 Å². The molecule has 0 aliphatic heterocycles. The average molecular weight is 392 g/mol. The first kappa shape index (κ1) is 20.8. The van der Waals surface area contributed by atoms with Crippen molar-refractivity contribution in [2.75, 3.05) is 13.2 Å². The lowest BCUT2D eigenvalue weighted by molar-refractivity contribution is -0.116. The molecule has 29 heavy (non-hydrogen) atoms. The average Bonchev–Trinajstić information content (AvgIpc) is 3.04.